The highest BCUT2D eigenvalue weighted by Gasteiger charge is 2.38. The number of carbonyl (C=O) groups excluding carboxylic acids is 1. The highest BCUT2D eigenvalue weighted by molar-refractivity contribution is 7.16. The van der Waals surface area contributed by atoms with Crippen LogP contribution in [0.4, 0.5) is 18.2 Å². The Morgan fingerprint density at radius 2 is 1.89 bits per heavy atom. The lowest BCUT2D eigenvalue weighted by molar-refractivity contribution is -0.137. The van der Waals surface area contributed by atoms with Crippen LogP contribution in [0.5, 0.6) is 5.75 Å². The number of rotatable bonds is 6. The number of amides is 1. The van der Waals surface area contributed by atoms with Crippen LogP contribution >= 0.6 is 11.3 Å². The first-order chi connectivity index (χ1) is 16.6. The van der Waals surface area contributed by atoms with Crippen molar-refractivity contribution in [2.24, 2.45) is 0 Å². The minimum Gasteiger partial charge on any atom is -0.494 e. The largest absolute Gasteiger partial charge is 0.494 e. The molecule has 3 aromatic rings. The third-order valence-electron chi connectivity index (χ3n) is 5.77. The Balaban J connectivity index is 1.55. The molecule has 8 nitrogen and oxygen atoms in total. The first-order valence-corrected chi connectivity index (χ1v) is 12.1. The van der Waals surface area contributed by atoms with E-state index < -0.39 is 11.2 Å². The smallest absolute Gasteiger partial charge is 0.443 e. The van der Waals surface area contributed by atoms with E-state index in [2.05, 4.69) is 15.1 Å². The summed E-state index contributed by atoms with van der Waals surface area (Å²) in [5.41, 5.74) is 0.865. The predicted molar refractivity (Wildman–Crippen MR) is 127 cm³/mol. The molecular weight excluding hydrogens is 481 g/mol. The molecule has 35 heavy (non-hydrogen) atoms. The third kappa shape index (κ3) is 5.42. The molecule has 1 aliphatic rings. The summed E-state index contributed by atoms with van der Waals surface area (Å²) in [5.74, 6) is 1.80. The molecule has 0 bridgehead atoms. The maximum atomic E-state index is 13.6. The standard InChI is InChI=1S/C23H27F3N6O2S/c1-5-34-18-8-6-17(7-9-18)20-21(35-22(28-20)23(24,25)26)30-10-11-31(14(2)12-30)19(33)13-32-16(4)27-15(3)29-32/h6-9,14H,5,10-13H2,1-4H3. The fourth-order valence-corrected chi connectivity index (χ4v) is 5.14. The molecule has 1 aliphatic heterocycles. The number of piperazine rings is 1. The molecule has 1 amide bonds. The van der Waals surface area contributed by atoms with Crippen LogP contribution in [0.15, 0.2) is 24.3 Å². The molecule has 1 aromatic carbocycles. The van der Waals surface area contributed by atoms with E-state index in [9.17, 15) is 18.0 Å². The van der Waals surface area contributed by atoms with Crippen LogP contribution < -0.4 is 9.64 Å². The van der Waals surface area contributed by atoms with Gasteiger partial charge in [0.15, 0.2) is 0 Å². The number of ether oxygens (including phenoxy) is 1. The number of benzene rings is 1. The maximum Gasteiger partial charge on any atom is 0.443 e. The van der Waals surface area contributed by atoms with Gasteiger partial charge in [-0.25, -0.2) is 14.6 Å². The summed E-state index contributed by atoms with van der Waals surface area (Å²) in [6.45, 7) is 9.06. The van der Waals surface area contributed by atoms with Gasteiger partial charge in [0.05, 0.1) is 6.61 Å². The molecule has 12 heteroatoms. The molecule has 4 rings (SSSR count). The van der Waals surface area contributed by atoms with Crippen molar-refractivity contribution in [3.8, 4) is 17.0 Å². The monoisotopic (exact) mass is 508 g/mol. The minimum absolute atomic E-state index is 0.0766. The van der Waals surface area contributed by atoms with Crippen LogP contribution in [0.1, 0.15) is 30.5 Å². The molecule has 3 heterocycles. The van der Waals surface area contributed by atoms with E-state index in [0.717, 1.165) is 0 Å². The molecule has 0 aliphatic carbocycles. The molecule has 1 saturated heterocycles. The van der Waals surface area contributed by atoms with Crippen molar-refractivity contribution in [1.82, 2.24) is 24.6 Å². The van der Waals surface area contributed by atoms with Crippen LogP contribution in [-0.4, -0.2) is 62.8 Å². The molecule has 2 aromatic heterocycles. The second-order valence-electron chi connectivity index (χ2n) is 8.37. The number of aromatic nitrogens is 4. The zero-order valence-corrected chi connectivity index (χ0v) is 20.8. The summed E-state index contributed by atoms with van der Waals surface area (Å²) in [6, 6.07) is 6.68. The number of anilines is 1. The second-order valence-corrected chi connectivity index (χ2v) is 9.35. The number of aryl methyl sites for hydroxylation is 2. The maximum absolute atomic E-state index is 13.6. The first kappa shape index (κ1) is 25.0. The molecule has 0 N–H and O–H groups in total. The number of hydrogen-bond donors (Lipinski definition) is 0. The Kier molecular flexibility index (Phi) is 7.02. The molecule has 0 saturated carbocycles. The normalized spacial score (nSPS) is 16.6. The van der Waals surface area contributed by atoms with E-state index in [1.807, 2.05) is 18.7 Å². The molecule has 0 spiro atoms. The number of halogens is 3. The Hall–Kier alpha value is -3.15. The average Bonchev–Trinajstić information content (AvgIpc) is 3.37. The summed E-state index contributed by atoms with van der Waals surface area (Å²) in [7, 11) is 0. The van der Waals surface area contributed by atoms with Gasteiger partial charge in [0.2, 0.25) is 10.9 Å². The van der Waals surface area contributed by atoms with Gasteiger partial charge in [-0.2, -0.15) is 18.3 Å². The lowest BCUT2D eigenvalue weighted by Crippen LogP contribution is -2.54. The van der Waals surface area contributed by atoms with E-state index in [1.54, 1.807) is 47.7 Å². The van der Waals surface area contributed by atoms with Crippen LogP contribution in [0.25, 0.3) is 11.3 Å². The Morgan fingerprint density at radius 1 is 1.17 bits per heavy atom. The fraction of sp³-hybridized carbons (Fsp3) is 0.478. The van der Waals surface area contributed by atoms with Crippen molar-refractivity contribution in [1.29, 1.82) is 0 Å². The van der Waals surface area contributed by atoms with Gasteiger partial charge in [-0.3, -0.25) is 4.79 Å². The Bertz CT molecular complexity index is 1190. The average molecular weight is 509 g/mol. The highest BCUT2D eigenvalue weighted by atomic mass is 32.1. The van der Waals surface area contributed by atoms with Crippen LogP contribution in [0, 0.1) is 13.8 Å². The molecule has 1 atom stereocenters. The van der Waals surface area contributed by atoms with E-state index in [0.29, 0.717) is 65.5 Å². The SMILES string of the molecule is CCOc1ccc(-c2nc(C(F)(F)F)sc2N2CCN(C(=O)Cn3nc(C)nc3C)C(C)C2)cc1. The van der Waals surface area contributed by atoms with Crippen molar-refractivity contribution in [2.75, 3.05) is 31.1 Å². The lowest BCUT2D eigenvalue weighted by atomic mass is 10.1. The fourth-order valence-electron chi connectivity index (χ4n) is 4.15. The van der Waals surface area contributed by atoms with Crippen molar-refractivity contribution in [2.45, 2.75) is 46.5 Å². The van der Waals surface area contributed by atoms with E-state index in [1.165, 1.54) is 0 Å². The summed E-state index contributed by atoms with van der Waals surface area (Å²) < 4.78 is 47.7. The van der Waals surface area contributed by atoms with Crippen molar-refractivity contribution < 1.29 is 22.7 Å². The van der Waals surface area contributed by atoms with Crippen LogP contribution in [-0.2, 0) is 17.5 Å². The van der Waals surface area contributed by atoms with Gasteiger partial charge in [0.25, 0.3) is 0 Å². The second kappa shape index (κ2) is 9.84. The van der Waals surface area contributed by atoms with E-state index in [-0.39, 0.29) is 24.2 Å². The summed E-state index contributed by atoms with van der Waals surface area (Å²) in [4.78, 5) is 24.8. The highest BCUT2D eigenvalue weighted by Crippen LogP contribution is 2.43. The minimum atomic E-state index is -4.54. The number of hydrogen-bond acceptors (Lipinski definition) is 7. The van der Waals surface area contributed by atoms with Gasteiger partial charge in [0.1, 0.15) is 34.6 Å². The topological polar surface area (TPSA) is 76.4 Å². The number of nitrogens with zero attached hydrogens (tertiary/aromatic N) is 6. The van der Waals surface area contributed by atoms with E-state index >= 15 is 0 Å². The predicted octanol–water partition coefficient (Wildman–Crippen LogP) is 4.17. The summed E-state index contributed by atoms with van der Waals surface area (Å²) in [5, 5.41) is 3.80. The zero-order valence-electron chi connectivity index (χ0n) is 20.0. The quantitative estimate of drug-likeness (QED) is 0.498. The Labute approximate surface area is 205 Å². The van der Waals surface area contributed by atoms with Gasteiger partial charge in [0, 0.05) is 31.2 Å². The molecule has 0 radical (unpaired) electrons. The molecular formula is C23H27F3N6O2S. The number of thiazole rings is 1. The molecule has 1 fully saturated rings. The van der Waals surface area contributed by atoms with Crippen LogP contribution in [0.2, 0.25) is 0 Å². The zero-order chi connectivity index (χ0) is 25.3. The van der Waals surface area contributed by atoms with Crippen molar-refractivity contribution in [3.05, 3.63) is 40.9 Å². The lowest BCUT2D eigenvalue weighted by Gasteiger charge is -2.40. The number of carbonyl (C=O) groups is 1. The summed E-state index contributed by atoms with van der Waals surface area (Å²) in [6.07, 6.45) is -4.54. The van der Waals surface area contributed by atoms with Crippen molar-refractivity contribution >= 4 is 22.2 Å². The van der Waals surface area contributed by atoms with Gasteiger partial charge in [-0.15, -0.1) is 0 Å². The third-order valence-corrected chi connectivity index (χ3v) is 6.93. The van der Waals surface area contributed by atoms with Crippen molar-refractivity contribution in [3.63, 3.8) is 0 Å². The Morgan fingerprint density at radius 3 is 2.46 bits per heavy atom. The van der Waals surface area contributed by atoms with Gasteiger partial charge in [-0.05, 0) is 52.0 Å². The van der Waals surface area contributed by atoms with Gasteiger partial charge < -0.3 is 14.5 Å². The molecule has 188 valence electrons. The van der Waals surface area contributed by atoms with E-state index in [4.69, 9.17) is 4.74 Å². The van der Waals surface area contributed by atoms with Gasteiger partial charge in [-0.1, -0.05) is 11.3 Å². The first-order valence-electron chi connectivity index (χ1n) is 11.3. The number of alkyl halides is 3. The summed E-state index contributed by atoms with van der Waals surface area (Å²) >= 11 is 0.634. The molecule has 1 unspecified atom stereocenters. The van der Waals surface area contributed by atoms with Gasteiger partial charge >= 0.3 is 6.18 Å². The van der Waals surface area contributed by atoms with Crippen LogP contribution in [0.3, 0.4) is 0 Å².